The number of aliphatic hydroxyl groups is 1. The molecule has 1 atom stereocenters. The molecule has 20 heavy (non-hydrogen) atoms. The fraction of sp³-hybridized carbons (Fsp3) is 0.571. The van der Waals surface area contributed by atoms with Crippen LogP contribution in [0.4, 0.5) is 0 Å². The van der Waals surface area contributed by atoms with E-state index in [9.17, 15) is 13.5 Å². The lowest BCUT2D eigenvalue weighted by atomic mass is 10.0. The van der Waals surface area contributed by atoms with Gasteiger partial charge in [0, 0.05) is 13.1 Å². The minimum absolute atomic E-state index is 0.215. The topological polar surface area (TPSA) is 69.6 Å². The zero-order valence-corrected chi connectivity index (χ0v) is 12.8. The van der Waals surface area contributed by atoms with Gasteiger partial charge < -0.3 is 5.11 Å². The minimum Gasteiger partial charge on any atom is -0.394 e. The fourth-order valence-corrected chi connectivity index (χ4v) is 3.87. The molecule has 2 N–H and O–H groups in total. The average Bonchev–Trinajstić information content (AvgIpc) is 2.46. The lowest BCUT2D eigenvalue weighted by Gasteiger charge is -2.33. The zero-order chi connectivity index (χ0) is 14.8. The molecule has 0 saturated carbocycles. The first-order chi connectivity index (χ1) is 9.40. The Labute approximate surface area is 120 Å². The Morgan fingerprint density at radius 3 is 2.60 bits per heavy atom. The lowest BCUT2D eigenvalue weighted by molar-refractivity contribution is 0.187. The van der Waals surface area contributed by atoms with Crippen LogP contribution in [0.3, 0.4) is 0 Å². The Morgan fingerprint density at radius 2 is 2.00 bits per heavy atom. The number of benzene rings is 1. The normalized spacial score (nSPS) is 19.4. The van der Waals surface area contributed by atoms with Gasteiger partial charge in [-0.05, 0) is 30.9 Å². The molecule has 0 amide bonds. The number of aliphatic hydroxyl groups excluding tert-OH is 1. The highest BCUT2D eigenvalue weighted by molar-refractivity contribution is 7.87. The third-order valence-corrected chi connectivity index (χ3v) is 5.68. The van der Waals surface area contributed by atoms with Gasteiger partial charge in [0.05, 0.1) is 12.1 Å². The first kappa shape index (κ1) is 15.4. The van der Waals surface area contributed by atoms with Crippen molar-refractivity contribution in [3.8, 4) is 0 Å². The van der Waals surface area contributed by atoms with Crippen molar-refractivity contribution in [1.29, 1.82) is 0 Å². The molecule has 1 unspecified atom stereocenters. The predicted molar refractivity (Wildman–Crippen MR) is 78.4 cm³/mol. The van der Waals surface area contributed by atoms with E-state index >= 15 is 0 Å². The molecule has 0 spiro atoms. The van der Waals surface area contributed by atoms with Crippen molar-refractivity contribution in [3.63, 3.8) is 0 Å². The summed E-state index contributed by atoms with van der Waals surface area (Å²) < 4.78 is 28.9. The van der Waals surface area contributed by atoms with Crippen LogP contribution in [-0.2, 0) is 23.2 Å². The third kappa shape index (κ3) is 3.20. The minimum atomic E-state index is -3.58. The number of fused-ring (bicyclic) bond motifs is 1. The molecule has 5 nitrogen and oxygen atoms in total. The van der Waals surface area contributed by atoms with E-state index in [0.29, 0.717) is 19.5 Å². The SMILES string of the molecule is CCC(C)(CO)NS(=O)(=O)N1CCc2ccccc2C1. The largest absolute Gasteiger partial charge is 0.394 e. The van der Waals surface area contributed by atoms with Crippen molar-refractivity contribution in [2.45, 2.75) is 38.8 Å². The molecule has 1 aliphatic heterocycles. The van der Waals surface area contributed by atoms with Gasteiger partial charge in [0.2, 0.25) is 0 Å². The summed E-state index contributed by atoms with van der Waals surface area (Å²) in [6, 6.07) is 7.89. The van der Waals surface area contributed by atoms with Crippen molar-refractivity contribution in [2.75, 3.05) is 13.2 Å². The molecular formula is C14H22N2O3S. The van der Waals surface area contributed by atoms with Gasteiger partial charge in [-0.2, -0.15) is 17.4 Å². The second-order valence-electron chi connectivity index (χ2n) is 5.53. The quantitative estimate of drug-likeness (QED) is 0.853. The van der Waals surface area contributed by atoms with E-state index in [2.05, 4.69) is 4.72 Å². The smallest absolute Gasteiger partial charge is 0.280 e. The first-order valence-electron chi connectivity index (χ1n) is 6.87. The molecule has 0 radical (unpaired) electrons. The van der Waals surface area contributed by atoms with E-state index in [-0.39, 0.29) is 6.61 Å². The van der Waals surface area contributed by atoms with E-state index in [1.165, 1.54) is 9.87 Å². The van der Waals surface area contributed by atoms with Gasteiger partial charge in [0.15, 0.2) is 0 Å². The van der Waals surface area contributed by atoms with Crippen LogP contribution in [0.5, 0.6) is 0 Å². The molecular weight excluding hydrogens is 276 g/mol. The molecule has 0 bridgehead atoms. The van der Waals surface area contributed by atoms with E-state index in [0.717, 1.165) is 12.0 Å². The third-order valence-electron chi connectivity index (χ3n) is 3.94. The zero-order valence-electron chi connectivity index (χ0n) is 12.0. The Morgan fingerprint density at radius 1 is 1.35 bits per heavy atom. The molecule has 2 rings (SSSR count). The Balaban J connectivity index is 2.16. The van der Waals surface area contributed by atoms with Gasteiger partial charge in [-0.1, -0.05) is 31.2 Å². The second kappa shape index (κ2) is 5.81. The fourth-order valence-electron chi connectivity index (χ4n) is 2.27. The molecule has 1 aromatic carbocycles. The summed E-state index contributed by atoms with van der Waals surface area (Å²) in [4.78, 5) is 0. The van der Waals surface area contributed by atoms with Crippen LogP contribution in [-0.4, -0.2) is 36.5 Å². The van der Waals surface area contributed by atoms with Crippen molar-refractivity contribution in [1.82, 2.24) is 9.03 Å². The molecule has 0 fully saturated rings. The van der Waals surface area contributed by atoms with Crippen LogP contribution >= 0.6 is 0 Å². The van der Waals surface area contributed by atoms with E-state index < -0.39 is 15.7 Å². The summed E-state index contributed by atoms with van der Waals surface area (Å²) in [5, 5.41) is 9.36. The maximum atomic E-state index is 12.4. The van der Waals surface area contributed by atoms with Gasteiger partial charge in [0.25, 0.3) is 10.2 Å². The molecule has 112 valence electrons. The molecule has 0 saturated heterocycles. The molecule has 6 heteroatoms. The molecule has 0 aliphatic carbocycles. The van der Waals surface area contributed by atoms with Crippen molar-refractivity contribution in [2.24, 2.45) is 0 Å². The molecule has 1 aromatic rings. The number of rotatable bonds is 5. The standard InChI is InChI=1S/C14H22N2O3S/c1-3-14(2,11-17)15-20(18,19)16-9-8-12-6-4-5-7-13(12)10-16/h4-7,15,17H,3,8-11H2,1-2H3. The number of nitrogens with zero attached hydrogens (tertiary/aromatic N) is 1. The first-order valence-corrected chi connectivity index (χ1v) is 8.31. The Bertz CT molecular complexity index is 568. The highest BCUT2D eigenvalue weighted by Crippen LogP contribution is 2.21. The van der Waals surface area contributed by atoms with Crippen LogP contribution in [0.25, 0.3) is 0 Å². The summed E-state index contributed by atoms with van der Waals surface area (Å²) in [6.45, 7) is 4.20. The summed E-state index contributed by atoms with van der Waals surface area (Å²) in [5.74, 6) is 0. The van der Waals surface area contributed by atoms with Gasteiger partial charge in [-0.25, -0.2) is 0 Å². The van der Waals surface area contributed by atoms with E-state index in [4.69, 9.17) is 0 Å². The Kier molecular flexibility index (Phi) is 4.49. The maximum Gasteiger partial charge on any atom is 0.280 e. The lowest BCUT2D eigenvalue weighted by Crippen LogP contribution is -2.54. The Hall–Kier alpha value is -0.950. The molecule has 1 heterocycles. The number of hydrogen-bond donors (Lipinski definition) is 2. The highest BCUT2D eigenvalue weighted by atomic mass is 32.2. The van der Waals surface area contributed by atoms with Gasteiger partial charge in [-0.3, -0.25) is 0 Å². The number of hydrogen-bond acceptors (Lipinski definition) is 3. The average molecular weight is 298 g/mol. The molecule has 0 aromatic heterocycles. The van der Waals surface area contributed by atoms with Crippen molar-refractivity contribution < 1.29 is 13.5 Å². The summed E-state index contributed by atoms with van der Waals surface area (Å²) in [7, 11) is -3.58. The maximum absolute atomic E-state index is 12.4. The van der Waals surface area contributed by atoms with Crippen LogP contribution < -0.4 is 4.72 Å². The van der Waals surface area contributed by atoms with Crippen LogP contribution in [0, 0.1) is 0 Å². The van der Waals surface area contributed by atoms with E-state index in [1.807, 2.05) is 31.2 Å². The van der Waals surface area contributed by atoms with Crippen molar-refractivity contribution >= 4 is 10.2 Å². The molecule has 1 aliphatic rings. The van der Waals surface area contributed by atoms with E-state index in [1.54, 1.807) is 6.92 Å². The van der Waals surface area contributed by atoms with Gasteiger partial charge >= 0.3 is 0 Å². The van der Waals surface area contributed by atoms with Crippen LogP contribution in [0.1, 0.15) is 31.4 Å². The summed E-state index contributed by atoms with van der Waals surface area (Å²) in [6.07, 6.45) is 1.26. The second-order valence-corrected chi connectivity index (χ2v) is 7.20. The summed E-state index contributed by atoms with van der Waals surface area (Å²) >= 11 is 0. The van der Waals surface area contributed by atoms with Crippen molar-refractivity contribution in [3.05, 3.63) is 35.4 Å². The summed E-state index contributed by atoms with van der Waals surface area (Å²) in [5.41, 5.74) is 1.45. The predicted octanol–water partition coefficient (Wildman–Crippen LogP) is 1.04. The van der Waals surface area contributed by atoms with Gasteiger partial charge in [-0.15, -0.1) is 0 Å². The monoisotopic (exact) mass is 298 g/mol. The van der Waals surface area contributed by atoms with Gasteiger partial charge in [0.1, 0.15) is 0 Å². The van der Waals surface area contributed by atoms with Crippen LogP contribution in [0.2, 0.25) is 0 Å². The number of nitrogens with one attached hydrogen (secondary N) is 1. The van der Waals surface area contributed by atoms with Crippen LogP contribution in [0.15, 0.2) is 24.3 Å². The highest BCUT2D eigenvalue weighted by Gasteiger charge is 2.33.